The molecule has 2 N–H and O–H groups in total. The van der Waals surface area contributed by atoms with Crippen molar-refractivity contribution >= 4 is 0 Å². The predicted octanol–water partition coefficient (Wildman–Crippen LogP) is 5.60. The van der Waals surface area contributed by atoms with E-state index in [1.165, 1.54) is 51.6 Å². The van der Waals surface area contributed by atoms with Crippen LogP contribution in [0.25, 0.3) is 0 Å². The van der Waals surface area contributed by atoms with Crippen LogP contribution in [-0.4, -0.2) is 129 Å². The van der Waals surface area contributed by atoms with Crippen molar-refractivity contribution in [2.24, 2.45) is 56.7 Å². The average Bonchev–Trinajstić information content (AvgIpc) is 3.70. The van der Waals surface area contributed by atoms with E-state index in [1.807, 2.05) is 20.8 Å². The van der Waals surface area contributed by atoms with Gasteiger partial charge in [0.1, 0.15) is 6.10 Å². The average molecular weight is 731 g/mol. The van der Waals surface area contributed by atoms with Gasteiger partial charge in [-0.15, -0.1) is 0 Å². The van der Waals surface area contributed by atoms with Gasteiger partial charge in [-0.3, -0.25) is 4.90 Å². The van der Waals surface area contributed by atoms with Crippen LogP contribution in [0.1, 0.15) is 107 Å². The molecule has 5 saturated carbocycles. The Morgan fingerprint density at radius 2 is 1.69 bits per heavy atom. The predicted molar refractivity (Wildman–Crippen MR) is 201 cm³/mol. The number of rotatable bonds is 11. The smallest absolute Gasteiger partial charge is 0.170 e. The Kier molecular flexibility index (Phi) is 9.90. The van der Waals surface area contributed by atoms with Gasteiger partial charge in [-0.05, 0) is 123 Å². The Bertz CT molecular complexity index is 1300. The first-order valence-corrected chi connectivity index (χ1v) is 21.4. The molecule has 8 fully saturated rings. The van der Waals surface area contributed by atoms with Gasteiger partial charge in [-0.1, -0.05) is 34.6 Å². The number of aliphatic hydroxyl groups is 2. The van der Waals surface area contributed by atoms with E-state index in [0.717, 1.165) is 58.2 Å². The van der Waals surface area contributed by atoms with Gasteiger partial charge < -0.3 is 38.8 Å². The Morgan fingerprint density at radius 1 is 0.962 bits per heavy atom. The number of likely N-dealkylation sites (tertiary alicyclic amines) is 1. The van der Waals surface area contributed by atoms with Crippen molar-refractivity contribution in [3.63, 3.8) is 0 Å². The molecule has 3 heterocycles. The van der Waals surface area contributed by atoms with Crippen LogP contribution in [0, 0.1) is 56.7 Å². The lowest BCUT2D eigenvalue weighted by atomic mass is 9.41. The number of ether oxygens (including phenoxy) is 5. The maximum Gasteiger partial charge on any atom is 0.170 e. The maximum absolute atomic E-state index is 12.7. The first kappa shape index (κ1) is 38.5. The largest absolute Gasteiger partial charge is 0.390 e. The first-order chi connectivity index (χ1) is 24.6. The molecule has 8 aliphatic rings. The summed E-state index contributed by atoms with van der Waals surface area (Å²) in [4.78, 5) is 5.08. The van der Waals surface area contributed by atoms with E-state index in [9.17, 15) is 10.2 Å². The van der Waals surface area contributed by atoms with E-state index >= 15 is 0 Å². The zero-order valence-corrected chi connectivity index (χ0v) is 34.2. The minimum absolute atomic E-state index is 0.0194. The molecule has 8 rings (SSSR count). The molecule has 3 saturated heterocycles. The monoisotopic (exact) mass is 731 g/mol. The maximum atomic E-state index is 12.7. The van der Waals surface area contributed by atoms with Gasteiger partial charge in [0.15, 0.2) is 6.29 Å². The van der Waals surface area contributed by atoms with Crippen LogP contribution in [0.4, 0.5) is 0 Å². The molecular formula is C43H74N2O7. The van der Waals surface area contributed by atoms with Crippen molar-refractivity contribution < 1.29 is 33.9 Å². The quantitative estimate of drug-likeness (QED) is 0.282. The zero-order valence-electron chi connectivity index (χ0n) is 34.2. The summed E-state index contributed by atoms with van der Waals surface area (Å²) in [7, 11) is 1.79. The molecule has 2 spiro atoms. The van der Waals surface area contributed by atoms with Crippen LogP contribution in [0.2, 0.25) is 0 Å². The highest BCUT2D eigenvalue weighted by Gasteiger charge is 2.84. The third kappa shape index (κ3) is 5.61. The number of aliphatic hydroxyl groups excluding tert-OH is 1. The summed E-state index contributed by atoms with van der Waals surface area (Å²) in [6.07, 6.45) is 8.09. The fraction of sp³-hybridized carbons (Fsp3) is 1.00. The van der Waals surface area contributed by atoms with Crippen LogP contribution >= 0.6 is 0 Å². The van der Waals surface area contributed by atoms with Crippen LogP contribution < -0.4 is 0 Å². The van der Waals surface area contributed by atoms with Crippen molar-refractivity contribution in [1.82, 2.24) is 9.80 Å². The Balaban J connectivity index is 0.954. The summed E-state index contributed by atoms with van der Waals surface area (Å²) in [6.45, 7) is 26.6. The van der Waals surface area contributed by atoms with Crippen molar-refractivity contribution in [3.8, 4) is 0 Å². The highest BCUT2D eigenvalue weighted by atomic mass is 16.7. The molecule has 0 aromatic heterocycles. The minimum atomic E-state index is -1.01. The summed E-state index contributed by atoms with van der Waals surface area (Å²) >= 11 is 0. The highest BCUT2D eigenvalue weighted by Crippen LogP contribution is 2.89. The van der Waals surface area contributed by atoms with Gasteiger partial charge in [0.25, 0.3) is 0 Å². The lowest BCUT2D eigenvalue weighted by Gasteiger charge is -2.64. The molecular weight excluding hydrogens is 656 g/mol. The van der Waals surface area contributed by atoms with Crippen molar-refractivity contribution in [2.75, 3.05) is 66.2 Å². The molecule has 52 heavy (non-hydrogen) atoms. The summed E-state index contributed by atoms with van der Waals surface area (Å²) in [5, 5.41) is 23.8. The van der Waals surface area contributed by atoms with Crippen LogP contribution in [-0.2, 0) is 23.7 Å². The molecule has 5 aliphatic carbocycles. The van der Waals surface area contributed by atoms with E-state index < -0.39 is 17.8 Å². The molecule has 0 aromatic carbocycles. The second kappa shape index (κ2) is 13.4. The van der Waals surface area contributed by atoms with Crippen molar-refractivity contribution in [2.45, 2.75) is 149 Å². The van der Waals surface area contributed by atoms with E-state index in [0.29, 0.717) is 41.1 Å². The molecule has 14 atom stereocenters. The van der Waals surface area contributed by atoms with E-state index in [4.69, 9.17) is 23.7 Å². The molecule has 298 valence electrons. The highest BCUT2D eigenvalue weighted by molar-refractivity contribution is 5.33. The summed E-state index contributed by atoms with van der Waals surface area (Å²) in [5.74, 6) is 2.58. The molecule has 0 radical (unpaired) electrons. The number of fused-ring (bicyclic) bond motifs is 4. The second-order valence-electron chi connectivity index (χ2n) is 20.9. The molecule has 1 unspecified atom stereocenters. The Hall–Kier alpha value is -0.360. The first-order valence-electron chi connectivity index (χ1n) is 21.4. The molecule has 0 aromatic rings. The van der Waals surface area contributed by atoms with Crippen LogP contribution in [0.15, 0.2) is 0 Å². The topological polar surface area (TPSA) is 93.1 Å². The third-order valence-electron chi connectivity index (χ3n) is 17.7. The Morgan fingerprint density at radius 3 is 2.40 bits per heavy atom. The normalized spacial score (nSPS) is 49.6. The van der Waals surface area contributed by atoms with Crippen LogP contribution in [0.3, 0.4) is 0 Å². The molecule has 9 heteroatoms. The standard InChI is InChI=1S/C43H74N2O7/c1-10-49-37(39(5,6)47)29-21-27(2)34-35(51-29)36(46)41(8)31-12-11-30-38(3,4)32(13-14-42(30)26-43(31,42)16-15-40(34,41)7)52-33-25-45(18-20-50-33)24-28-22-44(23-28)17-19-48-9/h27-37,46-47H,10-26H2,1-9H3/t27-,29-,30+,31+,32+,33+,34+,35+,36+,37+,40-,41-,42?,43+/m1/s1. The molecule has 3 aliphatic heterocycles. The van der Waals surface area contributed by atoms with E-state index in [1.54, 1.807) is 7.11 Å². The number of hydrogen-bond acceptors (Lipinski definition) is 9. The second-order valence-corrected chi connectivity index (χ2v) is 20.9. The molecule has 0 bridgehead atoms. The minimum Gasteiger partial charge on any atom is -0.390 e. The number of morpholine rings is 1. The summed E-state index contributed by atoms with van der Waals surface area (Å²) in [6, 6.07) is 0. The lowest BCUT2D eigenvalue weighted by Crippen LogP contribution is -2.60. The van der Waals surface area contributed by atoms with Crippen LogP contribution in [0.5, 0.6) is 0 Å². The van der Waals surface area contributed by atoms with Crippen molar-refractivity contribution in [1.29, 1.82) is 0 Å². The number of nitrogens with zero attached hydrogens (tertiary/aromatic N) is 2. The van der Waals surface area contributed by atoms with Gasteiger partial charge in [0.2, 0.25) is 0 Å². The molecule has 0 amide bonds. The van der Waals surface area contributed by atoms with Gasteiger partial charge in [-0.2, -0.15) is 0 Å². The van der Waals surface area contributed by atoms with Gasteiger partial charge in [0, 0.05) is 58.4 Å². The Labute approximate surface area is 315 Å². The number of methoxy groups -OCH3 is 1. The molecule has 9 nitrogen and oxygen atoms in total. The van der Waals surface area contributed by atoms with E-state index in [-0.39, 0.29) is 40.8 Å². The lowest BCUT2D eigenvalue weighted by molar-refractivity contribution is -0.249. The van der Waals surface area contributed by atoms with E-state index in [2.05, 4.69) is 44.4 Å². The third-order valence-corrected chi connectivity index (χ3v) is 17.7. The van der Waals surface area contributed by atoms with Gasteiger partial charge >= 0.3 is 0 Å². The van der Waals surface area contributed by atoms with Gasteiger partial charge in [-0.25, -0.2) is 0 Å². The fourth-order valence-corrected chi connectivity index (χ4v) is 15.4. The van der Waals surface area contributed by atoms with Crippen molar-refractivity contribution in [3.05, 3.63) is 0 Å². The summed E-state index contributed by atoms with van der Waals surface area (Å²) in [5.41, 5.74) is -0.457. The zero-order chi connectivity index (χ0) is 37.1. The summed E-state index contributed by atoms with van der Waals surface area (Å²) < 4.78 is 31.7. The fourth-order valence-electron chi connectivity index (χ4n) is 15.4. The van der Waals surface area contributed by atoms with Gasteiger partial charge in [0.05, 0.1) is 43.2 Å². The number of hydrogen-bond donors (Lipinski definition) is 2. The SMILES string of the molecule is CCO[C@@H]([C@H]1C[C@@H](C)[C@H]2[C@H](O1)[C@H](O)[C@@]1(C)[C@@H]3CC[C@H]4C(C)(C)[C@@H](O[C@H]5CN(CC6CN(CCOC)C6)CCO5)CCC45C[C@@]35CC[C@]21C)C(C)(C)O.